The van der Waals surface area contributed by atoms with Crippen LogP contribution in [0, 0.1) is 0 Å². The minimum absolute atomic E-state index is 0.278. The Labute approximate surface area is 127 Å². The number of aromatic nitrogens is 3. The van der Waals surface area contributed by atoms with E-state index in [4.69, 9.17) is 0 Å². The topological polar surface area (TPSA) is 80.1 Å². The summed E-state index contributed by atoms with van der Waals surface area (Å²) in [5.41, 5.74) is 0. The van der Waals surface area contributed by atoms with Crippen molar-refractivity contribution in [1.82, 2.24) is 24.4 Å². The Hall–Kier alpha value is -1.29. The van der Waals surface area contributed by atoms with Gasteiger partial charge in [0.25, 0.3) is 0 Å². The largest absolute Gasteiger partial charge is 0.315 e. The molecule has 0 saturated heterocycles. The van der Waals surface area contributed by atoms with Crippen LogP contribution in [-0.4, -0.2) is 40.6 Å². The molecular formula is C12H17N5O2S2. The summed E-state index contributed by atoms with van der Waals surface area (Å²) in [7, 11) is -3.45. The molecule has 1 aliphatic rings. The Morgan fingerprint density at radius 1 is 1.43 bits per heavy atom. The van der Waals surface area contributed by atoms with Gasteiger partial charge in [0.2, 0.25) is 10.0 Å². The summed E-state index contributed by atoms with van der Waals surface area (Å²) in [5.74, 6) is 0.688. The van der Waals surface area contributed by atoms with E-state index >= 15 is 0 Å². The van der Waals surface area contributed by atoms with E-state index < -0.39 is 10.0 Å². The molecule has 2 aromatic heterocycles. The van der Waals surface area contributed by atoms with E-state index in [9.17, 15) is 8.42 Å². The van der Waals surface area contributed by atoms with Gasteiger partial charge in [-0.25, -0.2) is 8.42 Å². The summed E-state index contributed by atoms with van der Waals surface area (Å²) in [4.78, 5) is 1.39. The van der Waals surface area contributed by atoms with Gasteiger partial charge in [0.1, 0.15) is 12.2 Å². The summed E-state index contributed by atoms with van der Waals surface area (Å²) in [6, 6.07) is 1.75. The Balaban J connectivity index is 1.79. The monoisotopic (exact) mass is 327 g/mol. The zero-order valence-electron chi connectivity index (χ0n) is 11.7. The predicted octanol–water partition coefficient (Wildman–Crippen LogP) is 0.654. The van der Waals surface area contributed by atoms with Crippen LogP contribution in [0.25, 0.3) is 0 Å². The Morgan fingerprint density at radius 2 is 2.29 bits per heavy atom. The maximum Gasteiger partial charge on any atom is 0.244 e. The summed E-state index contributed by atoms with van der Waals surface area (Å²) >= 11 is 1.47. The highest BCUT2D eigenvalue weighted by atomic mass is 32.2. The summed E-state index contributed by atoms with van der Waals surface area (Å²) in [5, 5.41) is 12.7. The highest BCUT2D eigenvalue weighted by Crippen LogP contribution is 2.25. The molecule has 114 valence electrons. The van der Waals surface area contributed by atoms with Crippen LogP contribution in [-0.2, 0) is 29.7 Å². The van der Waals surface area contributed by atoms with Gasteiger partial charge in [-0.05, 0) is 12.6 Å². The second kappa shape index (κ2) is 5.84. The van der Waals surface area contributed by atoms with Gasteiger partial charge >= 0.3 is 0 Å². The molecule has 0 bridgehead atoms. The first-order chi connectivity index (χ1) is 10.1. The van der Waals surface area contributed by atoms with E-state index in [1.165, 1.54) is 15.6 Å². The summed E-state index contributed by atoms with van der Waals surface area (Å²) < 4.78 is 28.7. The first-order valence-electron chi connectivity index (χ1n) is 6.76. The van der Waals surface area contributed by atoms with Gasteiger partial charge in [-0.2, -0.15) is 4.31 Å². The SMILES string of the molecule is CCNCc1cc(S(=O)(=O)N2CCn3cnnc3C2)cs1. The van der Waals surface area contributed by atoms with E-state index in [2.05, 4.69) is 15.5 Å². The molecule has 21 heavy (non-hydrogen) atoms. The average molecular weight is 327 g/mol. The number of nitrogens with zero attached hydrogens (tertiary/aromatic N) is 4. The fourth-order valence-electron chi connectivity index (χ4n) is 2.24. The smallest absolute Gasteiger partial charge is 0.244 e. The fourth-order valence-corrected chi connectivity index (χ4v) is 4.85. The van der Waals surface area contributed by atoms with Crippen LogP contribution >= 0.6 is 11.3 Å². The number of hydrogen-bond donors (Lipinski definition) is 1. The third-order valence-electron chi connectivity index (χ3n) is 3.42. The molecule has 0 fully saturated rings. The molecular weight excluding hydrogens is 310 g/mol. The Morgan fingerprint density at radius 3 is 3.10 bits per heavy atom. The van der Waals surface area contributed by atoms with Crippen LogP contribution in [0.3, 0.4) is 0 Å². The summed E-state index contributed by atoms with van der Waals surface area (Å²) in [6.45, 7) is 4.91. The zero-order chi connectivity index (χ0) is 14.9. The second-order valence-electron chi connectivity index (χ2n) is 4.81. The van der Waals surface area contributed by atoms with Crippen LogP contribution in [0.1, 0.15) is 17.6 Å². The van der Waals surface area contributed by atoms with Crippen molar-refractivity contribution in [3.8, 4) is 0 Å². The highest BCUT2D eigenvalue weighted by Gasteiger charge is 2.29. The highest BCUT2D eigenvalue weighted by molar-refractivity contribution is 7.89. The lowest BCUT2D eigenvalue weighted by atomic mass is 10.4. The van der Waals surface area contributed by atoms with Gasteiger partial charge in [-0.15, -0.1) is 21.5 Å². The van der Waals surface area contributed by atoms with E-state index in [-0.39, 0.29) is 6.54 Å². The minimum atomic E-state index is -3.45. The number of sulfonamides is 1. The van der Waals surface area contributed by atoms with Gasteiger partial charge in [0, 0.05) is 29.9 Å². The van der Waals surface area contributed by atoms with Crippen molar-refractivity contribution in [1.29, 1.82) is 0 Å². The van der Waals surface area contributed by atoms with Gasteiger partial charge < -0.3 is 9.88 Å². The van der Waals surface area contributed by atoms with Crippen LogP contribution in [0.5, 0.6) is 0 Å². The molecule has 0 atom stereocenters. The third-order valence-corrected chi connectivity index (χ3v) is 6.33. The lowest BCUT2D eigenvalue weighted by molar-refractivity contribution is 0.335. The normalized spacial score (nSPS) is 16.0. The van der Waals surface area contributed by atoms with E-state index in [0.29, 0.717) is 30.4 Å². The molecule has 1 aliphatic heterocycles. The zero-order valence-corrected chi connectivity index (χ0v) is 13.3. The molecule has 7 nitrogen and oxygen atoms in total. The molecule has 0 aromatic carbocycles. The van der Waals surface area contributed by atoms with E-state index in [0.717, 1.165) is 11.4 Å². The lowest BCUT2D eigenvalue weighted by Crippen LogP contribution is -2.38. The first-order valence-corrected chi connectivity index (χ1v) is 9.08. The van der Waals surface area contributed by atoms with Crippen molar-refractivity contribution in [2.45, 2.75) is 31.5 Å². The first kappa shape index (κ1) is 14.6. The molecule has 0 spiro atoms. The lowest BCUT2D eigenvalue weighted by Gasteiger charge is -2.25. The van der Waals surface area contributed by atoms with Crippen LogP contribution in [0.4, 0.5) is 0 Å². The number of thiophene rings is 1. The van der Waals surface area contributed by atoms with Crippen molar-refractivity contribution in [3.63, 3.8) is 0 Å². The predicted molar refractivity (Wildman–Crippen MR) is 79.3 cm³/mol. The van der Waals surface area contributed by atoms with E-state index in [1.807, 2.05) is 11.5 Å². The fraction of sp³-hybridized carbons (Fsp3) is 0.500. The third kappa shape index (κ3) is 2.86. The van der Waals surface area contributed by atoms with Crippen molar-refractivity contribution in [2.24, 2.45) is 0 Å². The average Bonchev–Trinajstić information content (AvgIpc) is 3.13. The second-order valence-corrected chi connectivity index (χ2v) is 7.74. The number of hydrogen-bond acceptors (Lipinski definition) is 6. The molecule has 1 N–H and O–H groups in total. The van der Waals surface area contributed by atoms with Gasteiger partial charge in [-0.1, -0.05) is 6.92 Å². The van der Waals surface area contributed by atoms with E-state index in [1.54, 1.807) is 17.8 Å². The molecule has 0 aliphatic carbocycles. The number of rotatable bonds is 5. The molecule has 0 radical (unpaired) electrons. The summed E-state index contributed by atoms with van der Waals surface area (Å²) in [6.07, 6.45) is 1.64. The molecule has 0 unspecified atom stereocenters. The van der Waals surface area contributed by atoms with Crippen LogP contribution in [0.2, 0.25) is 0 Å². The standard InChI is InChI=1S/C12H17N5O2S2/c1-2-13-6-10-5-11(8-20-10)21(18,19)17-4-3-16-9-14-15-12(16)7-17/h5,8-9,13H,2-4,6-7H2,1H3. The molecule has 0 saturated carbocycles. The molecule has 3 heterocycles. The molecule has 9 heteroatoms. The minimum Gasteiger partial charge on any atom is -0.315 e. The maximum atomic E-state index is 12.7. The number of fused-ring (bicyclic) bond motifs is 1. The molecule has 0 amide bonds. The van der Waals surface area contributed by atoms with Gasteiger partial charge in [-0.3, -0.25) is 0 Å². The number of nitrogens with one attached hydrogen (secondary N) is 1. The van der Waals surface area contributed by atoms with Crippen molar-refractivity contribution in [2.75, 3.05) is 13.1 Å². The van der Waals surface area contributed by atoms with Gasteiger partial charge in [0.15, 0.2) is 0 Å². The van der Waals surface area contributed by atoms with Crippen molar-refractivity contribution >= 4 is 21.4 Å². The molecule has 2 aromatic rings. The maximum absolute atomic E-state index is 12.7. The van der Waals surface area contributed by atoms with Crippen molar-refractivity contribution < 1.29 is 8.42 Å². The van der Waals surface area contributed by atoms with Crippen molar-refractivity contribution in [3.05, 3.63) is 28.5 Å². The molecule has 3 rings (SSSR count). The van der Waals surface area contributed by atoms with Crippen LogP contribution < -0.4 is 5.32 Å². The quantitative estimate of drug-likeness (QED) is 0.872. The van der Waals surface area contributed by atoms with Crippen LogP contribution in [0.15, 0.2) is 22.7 Å². The Kier molecular flexibility index (Phi) is 4.07. The van der Waals surface area contributed by atoms with Gasteiger partial charge in [0.05, 0.1) is 11.4 Å². The Bertz CT molecular complexity index is 722.